The van der Waals surface area contributed by atoms with E-state index in [0.29, 0.717) is 11.0 Å². The first-order valence-corrected chi connectivity index (χ1v) is 4.26. The Labute approximate surface area is 65.5 Å². The Kier molecular flexibility index (Phi) is 6.09. The molecule has 0 aromatic carbocycles. The first kappa shape index (κ1) is 8.98. The fourth-order valence-electron chi connectivity index (χ4n) is 0.271. The van der Waals surface area contributed by atoms with Crippen LogP contribution in [0.5, 0.6) is 0 Å². The van der Waals surface area contributed by atoms with Crippen LogP contribution in [0.1, 0.15) is 6.92 Å². The van der Waals surface area contributed by atoms with Crippen LogP contribution >= 0.6 is 24.0 Å². The molecular weight excluding hydrogens is 152 g/mol. The van der Waals surface area contributed by atoms with Gasteiger partial charge in [0.2, 0.25) is 4.38 Å². The first-order chi connectivity index (χ1) is 4.31. The molecule has 0 heterocycles. The highest BCUT2D eigenvalue weighted by Crippen LogP contribution is 1.98. The summed E-state index contributed by atoms with van der Waals surface area (Å²) in [6.45, 7) is 2.54. The lowest BCUT2D eigenvalue weighted by molar-refractivity contribution is 0.370. The Morgan fingerprint density at radius 1 is 1.78 bits per heavy atom. The number of thiocarbonyl (C=S) groups is 1. The molecule has 0 radical (unpaired) electrons. The molecule has 0 spiro atoms. The van der Waals surface area contributed by atoms with Crippen molar-refractivity contribution < 1.29 is 4.74 Å². The maximum Gasteiger partial charge on any atom is 0.220 e. The van der Waals surface area contributed by atoms with Crippen LogP contribution in [-0.2, 0) is 4.74 Å². The maximum absolute atomic E-state index is 5.04. The van der Waals surface area contributed by atoms with Crippen molar-refractivity contribution in [2.45, 2.75) is 6.92 Å². The van der Waals surface area contributed by atoms with Crippen LogP contribution in [0, 0.1) is 0 Å². The van der Waals surface area contributed by atoms with Crippen LogP contribution in [0.4, 0.5) is 0 Å². The Morgan fingerprint density at radius 3 is 2.89 bits per heavy atom. The van der Waals surface area contributed by atoms with Gasteiger partial charge in [0.1, 0.15) is 6.61 Å². The number of hydrogen-bond donors (Lipinski definition) is 0. The lowest BCUT2D eigenvalue weighted by Gasteiger charge is -1.98. The maximum atomic E-state index is 5.04. The molecule has 1 nitrogen and oxygen atoms in total. The topological polar surface area (TPSA) is 9.23 Å². The van der Waals surface area contributed by atoms with E-state index in [2.05, 4.69) is 0 Å². The molecule has 0 N–H and O–H groups in total. The van der Waals surface area contributed by atoms with Gasteiger partial charge < -0.3 is 4.74 Å². The smallest absolute Gasteiger partial charge is 0.220 e. The predicted octanol–water partition coefficient (Wildman–Crippen LogP) is 2.23. The molecule has 52 valence electrons. The van der Waals surface area contributed by atoms with Gasteiger partial charge in [0.05, 0.1) is 0 Å². The summed E-state index contributed by atoms with van der Waals surface area (Å²) in [7, 11) is 0. The highest BCUT2D eigenvalue weighted by molar-refractivity contribution is 8.22. The summed E-state index contributed by atoms with van der Waals surface area (Å²) in [5, 5.41) is 0. The summed E-state index contributed by atoms with van der Waals surface area (Å²) < 4.78 is 5.64. The third-order valence-electron chi connectivity index (χ3n) is 0.700. The molecule has 3 heteroatoms. The van der Waals surface area contributed by atoms with E-state index >= 15 is 0 Å². The quantitative estimate of drug-likeness (QED) is 0.455. The van der Waals surface area contributed by atoms with Gasteiger partial charge in [0.25, 0.3) is 0 Å². The standard InChI is InChI=1S/C6H10OS2/c1-3-4-5-7-6(8)9-2/h3-4H,5H2,1-2H3/b4-3+. The SMILES string of the molecule is C/C=C/COC(=S)SC. The number of ether oxygens (including phenoxy) is 1. The predicted molar refractivity (Wildman–Crippen MR) is 46.9 cm³/mol. The van der Waals surface area contributed by atoms with Gasteiger partial charge in [0, 0.05) is 0 Å². The second kappa shape index (κ2) is 6.11. The third-order valence-corrected chi connectivity index (χ3v) is 1.77. The van der Waals surface area contributed by atoms with Gasteiger partial charge in [0.15, 0.2) is 0 Å². The van der Waals surface area contributed by atoms with Crippen molar-refractivity contribution in [3.8, 4) is 0 Å². The van der Waals surface area contributed by atoms with Gasteiger partial charge in [-0.3, -0.25) is 0 Å². The van der Waals surface area contributed by atoms with E-state index in [1.165, 1.54) is 11.8 Å². The molecule has 0 aliphatic heterocycles. The summed E-state index contributed by atoms with van der Waals surface area (Å²) in [4.78, 5) is 0. The molecule has 0 saturated carbocycles. The summed E-state index contributed by atoms with van der Waals surface area (Å²) in [5.41, 5.74) is 0. The molecule has 0 atom stereocenters. The third kappa shape index (κ3) is 5.86. The van der Waals surface area contributed by atoms with Gasteiger partial charge in [-0.25, -0.2) is 0 Å². The average Bonchev–Trinajstić information content (AvgIpc) is 1.89. The average molecular weight is 162 g/mol. The van der Waals surface area contributed by atoms with Crippen molar-refractivity contribution in [2.75, 3.05) is 12.9 Å². The van der Waals surface area contributed by atoms with Crippen LogP contribution in [0.15, 0.2) is 12.2 Å². The van der Waals surface area contributed by atoms with E-state index < -0.39 is 0 Å². The zero-order chi connectivity index (χ0) is 7.11. The molecule has 0 fully saturated rings. The van der Waals surface area contributed by atoms with Crippen molar-refractivity contribution in [1.82, 2.24) is 0 Å². The largest absolute Gasteiger partial charge is 0.474 e. The van der Waals surface area contributed by atoms with Crippen molar-refractivity contribution >= 4 is 28.4 Å². The van der Waals surface area contributed by atoms with Crippen LogP contribution in [-0.4, -0.2) is 17.2 Å². The molecule has 0 bridgehead atoms. The van der Waals surface area contributed by atoms with Gasteiger partial charge in [-0.2, -0.15) is 0 Å². The lowest BCUT2D eigenvalue weighted by Crippen LogP contribution is -1.94. The minimum atomic E-state index is 0.593. The van der Waals surface area contributed by atoms with E-state index in [0.717, 1.165) is 0 Å². The van der Waals surface area contributed by atoms with E-state index in [-0.39, 0.29) is 0 Å². The highest BCUT2D eigenvalue weighted by atomic mass is 32.2. The van der Waals surface area contributed by atoms with Gasteiger partial charge >= 0.3 is 0 Å². The lowest BCUT2D eigenvalue weighted by atomic mass is 10.6. The number of hydrogen-bond acceptors (Lipinski definition) is 3. The zero-order valence-electron chi connectivity index (χ0n) is 5.59. The van der Waals surface area contributed by atoms with Crippen molar-refractivity contribution in [1.29, 1.82) is 0 Å². The van der Waals surface area contributed by atoms with E-state index in [9.17, 15) is 0 Å². The second-order valence-corrected chi connectivity index (χ2v) is 2.74. The summed E-state index contributed by atoms with van der Waals surface area (Å²) in [6, 6.07) is 0. The first-order valence-electron chi connectivity index (χ1n) is 2.63. The molecule has 0 aromatic rings. The fourth-order valence-corrected chi connectivity index (χ4v) is 0.525. The van der Waals surface area contributed by atoms with Crippen LogP contribution < -0.4 is 0 Å². The highest BCUT2D eigenvalue weighted by Gasteiger charge is 1.88. The normalized spacial score (nSPS) is 10.0. The summed E-state index contributed by atoms with van der Waals surface area (Å²) in [5.74, 6) is 0. The number of thioether (sulfide) groups is 1. The molecule has 0 aliphatic carbocycles. The molecule has 0 aliphatic rings. The van der Waals surface area contributed by atoms with Crippen LogP contribution in [0.3, 0.4) is 0 Å². The zero-order valence-corrected chi connectivity index (χ0v) is 7.22. The second-order valence-electron chi connectivity index (χ2n) is 1.33. The van der Waals surface area contributed by atoms with E-state index in [1.807, 2.05) is 25.3 Å². The van der Waals surface area contributed by atoms with E-state index in [4.69, 9.17) is 17.0 Å². The van der Waals surface area contributed by atoms with Crippen molar-refractivity contribution in [2.24, 2.45) is 0 Å². The number of allylic oxidation sites excluding steroid dienone is 1. The van der Waals surface area contributed by atoms with Gasteiger partial charge in [-0.15, -0.1) is 0 Å². The molecule has 0 rings (SSSR count). The van der Waals surface area contributed by atoms with Crippen LogP contribution in [0.2, 0.25) is 0 Å². The van der Waals surface area contributed by atoms with Crippen molar-refractivity contribution in [3.05, 3.63) is 12.2 Å². The number of rotatable bonds is 2. The molecular formula is C6H10OS2. The minimum absolute atomic E-state index is 0.593. The molecule has 9 heavy (non-hydrogen) atoms. The molecule has 0 unspecified atom stereocenters. The Hall–Kier alpha value is -0.0200. The monoisotopic (exact) mass is 162 g/mol. The van der Waals surface area contributed by atoms with Crippen LogP contribution in [0.25, 0.3) is 0 Å². The fraction of sp³-hybridized carbons (Fsp3) is 0.500. The Bertz CT molecular complexity index is 110. The van der Waals surface area contributed by atoms with Crippen molar-refractivity contribution in [3.63, 3.8) is 0 Å². The Balaban J connectivity index is 3.17. The molecule has 0 saturated heterocycles. The molecule has 0 amide bonds. The van der Waals surface area contributed by atoms with Gasteiger partial charge in [-0.1, -0.05) is 23.9 Å². The van der Waals surface area contributed by atoms with E-state index in [1.54, 1.807) is 0 Å². The summed E-state index contributed by atoms with van der Waals surface area (Å²) >= 11 is 6.23. The Morgan fingerprint density at radius 2 is 2.44 bits per heavy atom. The summed E-state index contributed by atoms with van der Waals surface area (Å²) in [6.07, 6.45) is 5.75. The molecule has 0 aromatic heterocycles. The minimum Gasteiger partial charge on any atom is -0.474 e. The van der Waals surface area contributed by atoms with Gasteiger partial charge in [-0.05, 0) is 25.4 Å².